The quantitative estimate of drug-likeness (QED) is 0.252. The zero-order chi connectivity index (χ0) is 26.3. The molecular weight excluding hydrogens is 468 g/mol. The van der Waals surface area contributed by atoms with Crippen molar-refractivity contribution in [3.05, 3.63) is 84.2 Å². The fourth-order valence-electron chi connectivity index (χ4n) is 3.63. The molecule has 1 amide bonds. The summed E-state index contributed by atoms with van der Waals surface area (Å²) in [4.78, 5) is 38.3. The van der Waals surface area contributed by atoms with Crippen LogP contribution in [-0.2, 0) is 16.1 Å². The van der Waals surface area contributed by atoms with Gasteiger partial charge >= 0.3 is 5.97 Å². The SMILES string of the molecule is CC(C)(C)OC(=O)CCCOc1nc2cc(C(=O)NCc3cccnc3)ccc2nc1-c1ccccc1. The number of aromatic nitrogens is 3. The van der Waals surface area contributed by atoms with Crippen molar-refractivity contribution in [2.45, 2.75) is 45.8 Å². The van der Waals surface area contributed by atoms with E-state index < -0.39 is 5.60 Å². The number of nitrogens with zero attached hydrogens (tertiary/aromatic N) is 3. The molecule has 0 unspecified atom stereocenters. The summed E-state index contributed by atoms with van der Waals surface area (Å²) < 4.78 is 11.4. The molecule has 2 aromatic heterocycles. The van der Waals surface area contributed by atoms with Crippen LogP contribution in [0.5, 0.6) is 5.88 Å². The van der Waals surface area contributed by atoms with E-state index in [1.54, 1.807) is 30.6 Å². The summed E-state index contributed by atoms with van der Waals surface area (Å²) in [5, 5.41) is 2.90. The van der Waals surface area contributed by atoms with Gasteiger partial charge in [-0.05, 0) is 57.0 Å². The maximum absolute atomic E-state index is 12.8. The predicted octanol–water partition coefficient (Wildman–Crippen LogP) is 5.12. The maximum atomic E-state index is 12.8. The molecule has 8 nitrogen and oxygen atoms in total. The normalized spacial score (nSPS) is 11.2. The summed E-state index contributed by atoms with van der Waals surface area (Å²) in [6.07, 6.45) is 4.11. The fraction of sp³-hybridized carbons (Fsp3) is 0.276. The second kappa shape index (κ2) is 11.6. The summed E-state index contributed by atoms with van der Waals surface area (Å²) in [5.74, 6) is -0.152. The number of hydrogen-bond donors (Lipinski definition) is 1. The number of nitrogens with one attached hydrogen (secondary N) is 1. The zero-order valence-electron chi connectivity index (χ0n) is 21.2. The Labute approximate surface area is 216 Å². The lowest BCUT2D eigenvalue weighted by Gasteiger charge is -2.19. The molecule has 2 aromatic carbocycles. The molecule has 4 aromatic rings. The Morgan fingerprint density at radius 2 is 1.76 bits per heavy atom. The van der Waals surface area contributed by atoms with E-state index in [1.807, 2.05) is 63.2 Å². The molecule has 0 aliphatic heterocycles. The molecule has 0 radical (unpaired) electrons. The Balaban J connectivity index is 1.52. The van der Waals surface area contributed by atoms with Crippen LogP contribution in [0.1, 0.15) is 49.5 Å². The summed E-state index contributed by atoms with van der Waals surface area (Å²) in [6, 6.07) is 18.6. The van der Waals surface area contributed by atoms with Gasteiger partial charge in [-0.2, -0.15) is 0 Å². The summed E-state index contributed by atoms with van der Waals surface area (Å²) in [6.45, 7) is 6.16. The smallest absolute Gasteiger partial charge is 0.306 e. The van der Waals surface area contributed by atoms with Gasteiger partial charge in [0.05, 0.1) is 17.6 Å². The van der Waals surface area contributed by atoms with Gasteiger partial charge in [0.15, 0.2) is 0 Å². The molecule has 0 aliphatic carbocycles. The number of ether oxygens (including phenoxy) is 2. The second-order valence-electron chi connectivity index (χ2n) is 9.53. The van der Waals surface area contributed by atoms with Gasteiger partial charge in [-0.25, -0.2) is 9.97 Å². The molecule has 0 atom stereocenters. The van der Waals surface area contributed by atoms with Gasteiger partial charge in [0.25, 0.3) is 5.91 Å². The lowest BCUT2D eigenvalue weighted by atomic mass is 10.1. The molecule has 0 saturated carbocycles. The van der Waals surface area contributed by atoms with Crippen molar-refractivity contribution in [2.24, 2.45) is 0 Å². The number of benzene rings is 2. The first-order chi connectivity index (χ1) is 17.8. The van der Waals surface area contributed by atoms with Crippen molar-refractivity contribution in [3.8, 4) is 17.1 Å². The Bertz CT molecular complexity index is 1370. The summed E-state index contributed by atoms with van der Waals surface area (Å²) in [5.41, 5.74) is 3.49. The number of pyridine rings is 1. The maximum Gasteiger partial charge on any atom is 0.306 e. The molecule has 4 rings (SSSR count). The van der Waals surface area contributed by atoms with Crippen LogP contribution in [0.15, 0.2) is 73.1 Å². The van der Waals surface area contributed by atoms with Crippen LogP contribution in [0.2, 0.25) is 0 Å². The van der Waals surface area contributed by atoms with E-state index in [0.717, 1.165) is 11.1 Å². The van der Waals surface area contributed by atoms with Crippen LogP contribution in [0.3, 0.4) is 0 Å². The minimum absolute atomic E-state index is 0.223. The third-order valence-corrected chi connectivity index (χ3v) is 5.30. The molecule has 37 heavy (non-hydrogen) atoms. The number of carbonyl (C=O) groups excluding carboxylic acids is 2. The molecule has 0 fully saturated rings. The van der Waals surface area contributed by atoms with Gasteiger partial charge in [-0.1, -0.05) is 36.4 Å². The van der Waals surface area contributed by atoms with Gasteiger partial charge in [0, 0.05) is 36.5 Å². The number of esters is 1. The molecule has 8 heteroatoms. The average Bonchev–Trinajstić information content (AvgIpc) is 2.89. The van der Waals surface area contributed by atoms with Crippen LogP contribution < -0.4 is 10.1 Å². The number of amides is 1. The van der Waals surface area contributed by atoms with E-state index in [0.29, 0.717) is 41.1 Å². The van der Waals surface area contributed by atoms with Crippen LogP contribution in [0.4, 0.5) is 0 Å². The topological polar surface area (TPSA) is 103 Å². The van der Waals surface area contributed by atoms with Crippen LogP contribution >= 0.6 is 0 Å². The van der Waals surface area contributed by atoms with Gasteiger partial charge in [0.2, 0.25) is 5.88 Å². The largest absolute Gasteiger partial charge is 0.476 e. The summed E-state index contributed by atoms with van der Waals surface area (Å²) in [7, 11) is 0. The highest BCUT2D eigenvalue weighted by Crippen LogP contribution is 2.29. The van der Waals surface area contributed by atoms with E-state index in [4.69, 9.17) is 19.4 Å². The standard InChI is InChI=1S/C29H30N4O4/c1-29(2,3)37-25(34)12-8-16-36-28-26(21-10-5-4-6-11-21)32-23-14-13-22(17-24(23)33-28)27(35)31-19-20-9-7-15-30-18-20/h4-7,9-11,13-15,17-18H,8,12,16,19H2,1-3H3,(H,31,35). The van der Waals surface area contributed by atoms with Gasteiger partial charge < -0.3 is 14.8 Å². The molecule has 0 saturated heterocycles. The first kappa shape index (κ1) is 25.8. The Morgan fingerprint density at radius 3 is 2.49 bits per heavy atom. The van der Waals surface area contributed by atoms with Crippen LogP contribution in [0, 0.1) is 0 Å². The first-order valence-corrected chi connectivity index (χ1v) is 12.2. The molecule has 1 N–H and O–H groups in total. The minimum atomic E-state index is -0.524. The molecule has 190 valence electrons. The van der Waals surface area contributed by atoms with Crippen molar-refractivity contribution < 1.29 is 19.1 Å². The summed E-state index contributed by atoms with van der Waals surface area (Å²) >= 11 is 0. The van der Waals surface area contributed by atoms with E-state index in [9.17, 15) is 9.59 Å². The van der Waals surface area contributed by atoms with Crippen molar-refractivity contribution >= 4 is 22.9 Å². The third kappa shape index (κ3) is 7.33. The highest BCUT2D eigenvalue weighted by atomic mass is 16.6. The monoisotopic (exact) mass is 498 g/mol. The van der Waals surface area contributed by atoms with Crippen molar-refractivity contribution in [1.29, 1.82) is 0 Å². The lowest BCUT2D eigenvalue weighted by molar-refractivity contribution is -0.155. The van der Waals surface area contributed by atoms with Gasteiger partial charge in [0.1, 0.15) is 11.3 Å². The third-order valence-electron chi connectivity index (χ3n) is 5.30. The molecular formula is C29H30N4O4. The average molecular weight is 499 g/mol. The van der Waals surface area contributed by atoms with Crippen molar-refractivity contribution in [2.75, 3.05) is 6.61 Å². The molecule has 0 bridgehead atoms. The molecule has 0 spiro atoms. The number of hydrogen-bond acceptors (Lipinski definition) is 7. The predicted molar refractivity (Wildman–Crippen MR) is 141 cm³/mol. The second-order valence-corrected chi connectivity index (χ2v) is 9.53. The van der Waals surface area contributed by atoms with Gasteiger partial charge in [-0.15, -0.1) is 0 Å². The zero-order valence-corrected chi connectivity index (χ0v) is 21.2. The lowest BCUT2D eigenvalue weighted by Crippen LogP contribution is -2.24. The Morgan fingerprint density at radius 1 is 0.946 bits per heavy atom. The highest BCUT2D eigenvalue weighted by Gasteiger charge is 2.17. The van der Waals surface area contributed by atoms with E-state index >= 15 is 0 Å². The number of carbonyl (C=O) groups is 2. The van der Waals surface area contributed by atoms with E-state index in [2.05, 4.69) is 10.3 Å². The van der Waals surface area contributed by atoms with Gasteiger partial charge in [-0.3, -0.25) is 14.6 Å². The number of rotatable bonds is 9. The molecule has 2 heterocycles. The van der Waals surface area contributed by atoms with E-state index in [1.165, 1.54) is 0 Å². The number of fused-ring (bicyclic) bond motifs is 1. The Kier molecular flexibility index (Phi) is 8.08. The van der Waals surface area contributed by atoms with Crippen molar-refractivity contribution in [1.82, 2.24) is 20.3 Å². The minimum Gasteiger partial charge on any atom is -0.476 e. The highest BCUT2D eigenvalue weighted by molar-refractivity contribution is 5.97. The first-order valence-electron chi connectivity index (χ1n) is 12.2. The van der Waals surface area contributed by atoms with Crippen LogP contribution in [-0.4, -0.2) is 39.0 Å². The fourth-order valence-corrected chi connectivity index (χ4v) is 3.63. The van der Waals surface area contributed by atoms with Crippen LogP contribution in [0.25, 0.3) is 22.3 Å². The van der Waals surface area contributed by atoms with Crippen molar-refractivity contribution in [3.63, 3.8) is 0 Å². The van der Waals surface area contributed by atoms with E-state index in [-0.39, 0.29) is 24.9 Å². The molecule has 0 aliphatic rings. The Hall–Kier alpha value is -4.33.